The van der Waals surface area contributed by atoms with Crippen LogP contribution in [0.15, 0.2) is 29.3 Å². The molecule has 1 rings (SSSR count). The summed E-state index contributed by atoms with van der Waals surface area (Å²) >= 11 is 5.85. The Bertz CT molecular complexity index is 466. The molecule has 0 amide bonds. The predicted molar refractivity (Wildman–Crippen MR) is 101 cm³/mol. The van der Waals surface area contributed by atoms with Crippen molar-refractivity contribution in [3.63, 3.8) is 0 Å². The smallest absolute Gasteiger partial charge is 0.307 e. The minimum atomic E-state index is -0.254. The van der Waals surface area contributed by atoms with Crippen molar-refractivity contribution in [2.24, 2.45) is 4.99 Å². The van der Waals surface area contributed by atoms with Crippen molar-refractivity contribution in [2.75, 3.05) is 26.7 Å². The van der Waals surface area contributed by atoms with Gasteiger partial charge in [-0.05, 0) is 31.0 Å². The van der Waals surface area contributed by atoms with Crippen LogP contribution in [0.1, 0.15) is 18.9 Å². The summed E-state index contributed by atoms with van der Waals surface area (Å²) in [6.07, 6.45) is 1.16. The van der Waals surface area contributed by atoms with Crippen LogP contribution in [0.4, 0.5) is 0 Å². The highest BCUT2D eigenvalue weighted by Crippen LogP contribution is 2.09. The second kappa shape index (κ2) is 12.5. The van der Waals surface area contributed by atoms with Crippen molar-refractivity contribution in [1.82, 2.24) is 10.6 Å². The molecule has 0 saturated carbocycles. The van der Waals surface area contributed by atoms with E-state index in [0.29, 0.717) is 12.5 Å². The molecule has 0 radical (unpaired) electrons. The van der Waals surface area contributed by atoms with E-state index in [1.165, 1.54) is 12.7 Å². The number of ether oxygens (including phenoxy) is 1. The van der Waals surface area contributed by atoms with Gasteiger partial charge in [-0.1, -0.05) is 23.7 Å². The summed E-state index contributed by atoms with van der Waals surface area (Å²) in [6, 6.07) is 7.77. The molecular weight excluding hydrogens is 417 g/mol. The van der Waals surface area contributed by atoms with Crippen molar-refractivity contribution in [3.8, 4) is 0 Å². The van der Waals surface area contributed by atoms with Gasteiger partial charge in [0.15, 0.2) is 5.96 Å². The van der Waals surface area contributed by atoms with E-state index in [4.69, 9.17) is 11.6 Å². The maximum absolute atomic E-state index is 11.0. The third-order valence-electron chi connectivity index (χ3n) is 2.78. The largest absolute Gasteiger partial charge is 0.469 e. The third-order valence-corrected chi connectivity index (χ3v) is 3.03. The van der Waals surface area contributed by atoms with Gasteiger partial charge in [-0.2, -0.15) is 0 Å². The molecule has 1 aromatic carbocycles. The standard InChI is InChI=1S/C15H22ClN3O2.HI/c1-3-17-15(19-11-9-14(20)21-2)18-10-8-12-4-6-13(16)7-5-12;/h4-7H,3,8-11H2,1-2H3,(H2,17,18,19);1H. The summed E-state index contributed by atoms with van der Waals surface area (Å²) in [6.45, 7) is 3.93. The Morgan fingerprint density at radius 3 is 2.55 bits per heavy atom. The van der Waals surface area contributed by atoms with Gasteiger partial charge in [-0.3, -0.25) is 9.79 Å². The molecule has 0 atom stereocenters. The second-order valence-electron chi connectivity index (χ2n) is 4.39. The van der Waals surface area contributed by atoms with Crippen molar-refractivity contribution < 1.29 is 9.53 Å². The molecule has 0 aromatic heterocycles. The highest BCUT2D eigenvalue weighted by Gasteiger charge is 2.01. The van der Waals surface area contributed by atoms with Gasteiger partial charge in [0.05, 0.1) is 20.1 Å². The lowest BCUT2D eigenvalue weighted by Gasteiger charge is -2.11. The molecule has 1 aromatic rings. The number of hydrogen-bond donors (Lipinski definition) is 2. The van der Waals surface area contributed by atoms with Gasteiger partial charge < -0.3 is 15.4 Å². The molecule has 0 unspecified atom stereocenters. The number of nitrogens with zero attached hydrogens (tertiary/aromatic N) is 1. The number of benzene rings is 1. The van der Waals surface area contributed by atoms with E-state index in [1.807, 2.05) is 31.2 Å². The normalized spacial score (nSPS) is 10.6. The number of carbonyl (C=O) groups excluding carboxylic acids is 1. The monoisotopic (exact) mass is 439 g/mol. The predicted octanol–water partition coefficient (Wildman–Crippen LogP) is 2.62. The zero-order valence-corrected chi connectivity index (χ0v) is 16.0. The summed E-state index contributed by atoms with van der Waals surface area (Å²) in [5.41, 5.74) is 1.21. The highest BCUT2D eigenvalue weighted by molar-refractivity contribution is 14.0. The van der Waals surface area contributed by atoms with Gasteiger partial charge in [0.25, 0.3) is 0 Å². The Hall–Kier alpha value is -1.02. The van der Waals surface area contributed by atoms with Gasteiger partial charge in [0, 0.05) is 18.1 Å². The zero-order valence-electron chi connectivity index (χ0n) is 12.9. The fourth-order valence-corrected chi connectivity index (χ4v) is 1.81. The SMILES string of the molecule is CCNC(=NCCC(=O)OC)NCCc1ccc(Cl)cc1.I. The summed E-state index contributed by atoms with van der Waals surface area (Å²) in [4.78, 5) is 15.4. The number of hydrogen-bond acceptors (Lipinski definition) is 3. The Balaban J connectivity index is 0.00000441. The van der Waals surface area contributed by atoms with Crippen molar-refractivity contribution in [2.45, 2.75) is 19.8 Å². The van der Waals surface area contributed by atoms with Crippen LogP contribution in [0.5, 0.6) is 0 Å². The Kier molecular flexibility index (Phi) is 11.9. The van der Waals surface area contributed by atoms with Crippen LogP contribution in [-0.4, -0.2) is 38.7 Å². The molecule has 0 spiro atoms. The maximum atomic E-state index is 11.0. The molecule has 0 aliphatic rings. The number of esters is 1. The second-order valence-corrected chi connectivity index (χ2v) is 4.83. The number of guanidine groups is 1. The molecule has 0 bridgehead atoms. The molecule has 0 aliphatic heterocycles. The van der Waals surface area contributed by atoms with E-state index in [-0.39, 0.29) is 36.4 Å². The number of nitrogens with one attached hydrogen (secondary N) is 2. The van der Waals surface area contributed by atoms with Crippen molar-refractivity contribution in [1.29, 1.82) is 0 Å². The van der Waals surface area contributed by atoms with Gasteiger partial charge >= 0.3 is 5.97 Å². The van der Waals surface area contributed by atoms with Gasteiger partial charge in [-0.15, -0.1) is 24.0 Å². The third kappa shape index (κ3) is 9.09. The van der Waals surface area contributed by atoms with E-state index in [9.17, 15) is 4.79 Å². The Morgan fingerprint density at radius 2 is 1.95 bits per heavy atom. The first kappa shape index (κ1) is 21.0. The van der Waals surface area contributed by atoms with Gasteiger partial charge in [0.2, 0.25) is 0 Å². The topological polar surface area (TPSA) is 62.7 Å². The summed E-state index contributed by atoms with van der Waals surface area (Å²) in [5.74, 6) is 0.450. The molecule has 0 aliphatic carbocycles. The lowest BCUT2D eigenvalue weighted by molar-refractivity contribution is -0.140. The molecule has 5 nitrogen and oxygen atoms in total. The van der Waals surface area contributed by atoms with Crippen LogP contribution in [0.3, 0.4) is 0 Å². The number of aliphatic imine (C=N–C) groups is 1. The average Bonchev–Trinajstić information content (AvgIpc) is 2.49. The minimum absolute atomic E-state index is 0. The van der Waals surface area contributed by atoms with E-state index in [1.54, 1.807) is 0 Å². The van der Waals surface area contributed by atoms with E-state index >= 15 is 0 Å². The first-order valence-electron chi connectivity index (χ1n) is 6.99. The number of rotatable bonds is 7. The fraction of sp³-hybridized carbons (Fsp3) is 0.467. The molecule has 124 valence electrons. The molecule has 0 fully saturated rings. The molecule has 2 N–H and O–H groups in total. The van der Waals surface area contributed by atoms with Crippen molar-refractivity contribution >= 4 is 47.5 Å². The summed E-state index contributed by atoms with van der Waals surface area (Å²) < 4.78 is 4.58. The van der Waals surface area contributed by atoms with Crippen LogP contribution < -0.4 is 10.6 Å². The van der Waals surface area contributed by atoms with E-state index < -0.39 is 0 Å². The first-order valence-corrected chi connectivity index (χ1v) is 7.37. The van der Waals surface area contributed by atoms with Crippen LogP contribution in [-0.2, 0) is 16.0 Å². The van der Waals surface area contributed by atoms with Crippen LogP contribution in [0.2, 0.25) is 5.02 Å². The lowest BCUT2D eigenvalue weighted by atomic mass is 10.1. The van der Waals surface area contributed by atoms with Gasteiger partial charge in [0.1, 0.15) is 0 Å². The average molecular weight is 440 g/mol. The molecule has 22 heavy (non-hydrogen) atoms. The minimum Gasteiger partial charge on any atom is -0.469 e. The van der Waals surface area contributed by atoms with Crippen molar-refractivity contribution in [3.05, 3.63) is 34.9 Å². The Labute approximate surface area is 153 Å². The lowest BCUT2D eigenvalue weighted by Crippen LogP contribution is -2.38. The highest BCUT2D eigenvalue weighted by atomic mass is 127. The van der Waals surface area contributed by atoms with Crippen LogP contribution >= 0.6 is 35.6 Å². The quantitative estimate of drug-likeness (QED) is 0.297. The molecular formula is C15H23ClIN3O2. The fourth-order valence-electron chi connectivity index (χ4n) is 1.68. The number of halogens is 2. The zero-order chi connectivity index (χ0) is 15.5. The van der Waals surface area contributed by atoms with E-state index in [2.05, 4.69) is 20.4 Å². The molecule has 7 heteroatoms. The number of carbonyl (C=O) groups is 1. The summed E-state index contributed by atoms with van der Waals surface area (Å²) in [5, 5.41) is 7.10. The van der Waals surface area contributed by atoms with Gasteiger partial charge in [-0.25, -0.2) is 0 Å². The summed E-state index contributed by atoms with van der Waals surface area (Å²) in [7, 11) is 1.38. The van der Waals surface area contributed by atoms with Crippen LogP contribution in [0, 0.1) is 0 Å². The van der Waals surface area contributed by atoms with E-state index in [0.717, 1.165) is 24.5 Å². The maximum Gasteiger partial charge on any atom is 0.307 e. The molecule has 0 saturated heterocycles. The molecule has 0 heterocycles. The number of methoxy groups -OCH3 is 1. The first-order chi connectivity index (χ1) is 10.2. The van der Waals surface area contributed by atoms with Crippen LogP contribution in [0.25, 0.3) is 0 Å². The Morgan fingerprint density at radius 1 is 1.27 bits per heavy atom.